The summed E-state index contributed by atoms with van der Waals surface area (Å²) in [5, 5.41) is 16.1. The first-order chi connectivity index (χ1) is 31.9. The van der Waals surface area contributed by atoms with Crippen molar-refractivity contribution in [3.05, 3.63) is 0 Å². The Kier molecular flexibility index (Phi) is 20.9. The third-order valence-corrected chi connectivity index (χ3v) is 22.6. The molecule has 18 atom stereocenters. The van der Waals surface area contributed by atoms with Crippen LogP contribution in [0.1, 0.15) is 244 Å². The van der Waals surface area contributed by atoms with Gasteiger partial charge in [-0.05, 0) is 262 Å². The van der Waals surface area contributed by atoms with Crippen molar-refractivity contribution in [1.29, 1.82) is 0 Å². The van der Waals surface area contributed by atoms with E-state index in [1.807, 2.05) is 41.5 Å². The van der Waals surface area contributed by atoms with E-state index in [2.05, 4.69) is 59.1 Å². The molecule has 0 aromatic carbocycles. The summed E-state index contributed by atoms with van der Waals surface area (Å²) in [4.78, 5) is 23.7. The Labute approximate surface area is 452 Å². The molecule has 2 amide bonds. The van der Waals surface area contributed by atoms with E-state index in [1.165, 1.54) is 128 Å². The van der Waals surface area contributed by atoms with Crippen LogP contribution in [-0.4, -0.2) is 53.2 Å². The molecule has 9 heteroatoms. The average molecular weight is 990 g/mol. The summed E-state index contributed by atoms with van der Waals surface area (Å²) in [6.45, 7) is 31.1. The van der Waals surface area contributed by atoms with Crippen LogP contribution < -0.4 is 40.2 Å². The summed E-state index contributed by atoms with van der Waals surface area (Å²) >= 11 is 0. The standard InChI is InChI=1S/C31H55NO2.C30H53NO3.Na.H2O/c1-21-15-17-30(6)23(20-21)11-12-24-26-14-13-25(31(26,7)18-16-27(24)30)22(2)10-8-9-19-32-28(33)34-29(3,4)5;1-20(9-7-8-18-31-27(33)34-28(2,3)4)24-12-13-25-23-11-10-21-19-22(32)14-16-29(21,5)26(23)15-17-30(24,25)6;;/h21-27H,8-20H2,1-7H3,(H,32,33);20-26,32H,7-19H2,1-6H3,(H,31,33);;1H2/q;;+1;/p-1/t21-,22?,23-,24-,25+,26-,27-,30-,31+;20?,21-,22-,23-,24+,25-,26-,29-,30+;;/m00../s1. The van der Waals surface area contributed by atoms with Crippen LogP contribution in [0.15, 0.2) is 0 Å². The maximum Gasteiger partial charge on any atom is 1.00 e. The van der Waals surface area contributed by atoms with Crippen LogP contribution in [0.5, 0.6) is 0 Å². The third-order valence-electron chi connectivity index (χ3n) is 22.6. The smallest absolute Gasteiger partial charge is 0.870 e. The topological polar surface area (TPSA) is 127 Å². The van der Waals surface area contributed by atoms with Gasteiger partial charge in [0.2, 0.25) is 0 Å². The monoisotopic (exact) mass is 989 g/mol. The van der Waals surface area contributed by atoms with Crippen molar-refractivity contribution in [3.8, 4) is 0 Å². The number of hydrogen-bond acceptors (Lipinski definition) is 6. The summed E-state index contributed by atoms with van der Waals surface area (Å²) in [7, 11) is 0. The second-order valence-electron chi connectivity index (χ2n) is 28.9. The van der Waals surface area contributed by atoms with Gasteiger partial charge in [0.25, 0.3) is 0 Å². The van der Waals surface area contributed by atoms with Gasteiger partial charge in [-0.25, -0.2) is 9.59 Å². The first-order valence-corrected chi connectivity index (χ1v) is 29.5. The largest absolute Gasteiger partial charge is 1.00 e. The first kappa shape index (κ1) is 60.3. The fraction of sp³-hybridized carbons (Fsp3) is 0.967. The van der Waals surface area contributed by atoms with Gasteiger partial charge in [0.05, 0.1) is 6.10 Å². The number of ether oxygens (including phenoxy) is 2. The number of alkyl carbamates (subject to hydrolysis) is 2. The summed E-state index contributed by atoms with van der Waals surface area (Å²) in [6, 6.07) is 0. The van der Waals surface area contributed by atoms with Crippen molar-refractivity contribution in [2.24, 2.45) is 98.6 Å². The van der Waals surface area contributed by atoms with Crippen LogP contribution in [0.25, 0.3) is 0 Å². The number of rotatable bonds is 12. The van der Waals surface area contributed by atoms with Crippen molar-refractivity contribution in [2.75, 3.05) is 13.1 Å². The molecule has 8 rings (SSSR count). The molecule has 400 valence electrons. The number of fused-ring (bicyclic) bond motifs is 10. The molecule has 8 saturated carbocycles. The maximum atomic E-state index is 11.9. The van der Waals surface area contributed by atoms with Gasteiger partial charge in [0.1, 0.15) is 11.2 Å². The number of hydrogen-bond donors (Lipinski definition) is 3. The molecule has 70 heavy (non-hydrogen) atoms. The van der Waals surface area contributed by atoms with Crippen molar-refractivity contribution in [2.45, 2.75) is 261 Å². The minimum Gasteiger partial charge on any atom is -0.870 e. The number of unbranched alkanes of at least 4 members (excludes halogenated alkanes) is 2. The zero-order valence-electron chi connectivity index (χ0n) is 48.0. The molecule has 0 heterocycles. The van der Waals surface area contributed by atoms with Gasteiger partial charge in [-0.3, -0.25) is 0 Å². The zero-order chi connectivity index (χ0) is 49.5. The van der Waals surface area contributed by atoms with E-state index < -0.39 is 11.2 Å². The van der Waals surface area contributed by atoms with Crippen LogP contribution in [-0.2, 0) is 9.47 Å². The Balaban J connectivity index is 0.000000254. The Morgan fingerprint density at radius 3 is 1.36 bits per heavy atom. The van der Waals surface area contributed by atoms with Gasteiger partial charge in [0, 0.05) is 13.1 Å². The van der Waals surface area contributed by atoms with Crippen molar-refractivity contribution >= 4 is 12.2 Å². The molecule has 8 aliphatic rings. The maximum absolute atomic E-state index is 11.9. The minimum absolute atomic E-state index is 0. The Hall–Kier alpha value is -0.540. The summed E-state index contributed by atoms with van der Waals surface area (Å²) in [6.07, 6.45) is 31.7. The molecule has 8 nitrogen and oxygen atoms in total. The third kappa shape index (κ3) is 13.3. The second-order valence-corrected chi connectivity index (χ2v) is 28.9. The number of amides is 2. The molecular weight excluding hydrogens is 880 g/mol. The van der Waals surface area contributed by atoms with Crippen LogP contribution in [0.4, 0.5) is 9.59 Å². The van der Waals surface area contributed by atoms with Gasteiger partial charge in [-0.15, -0.1) is 0 Å². The van der Waals surface area contributed by atoms with E-state index in [0.29, 0.717) is 28.2 Å². The van der Waals surface area contributed by atoms with E-state index in [4.69, 9.17) is 9.47 Å². The zero-order valence-corrected chi connectivity index (χ0v) is 50.0. The number of aliphatic hydroxyl groups is 1. The fourth-order valence-electron chi connectivity index (χ4n) is 19.3. The normalized spacial score (nSPS) is 41.6. The number of carbonyl (C=O) groups excluding carboxylic acids is 2. The van der Waals surface area contributed by atoms with Crippen LogP contribution in [0, 0.1) is 98.6 Å². The second kappa shape index (κ2) is 24.2. The van der Waals surface area contributed by atoms with Crippen molar-refractivity contribution < 1.29 is 59.2 Å². The molecule has 0 spiro atoms. The number of nitrogens with one attached hydrogen (secondary N) is 2. The predicted octanol–water partition coefficient (Wildman–Crippen LogP) is 12.8. The SMILES string of the molecule is CC(CCCCNC(=O)OC(C)(C)C)[C@H]1CC[C@H]2[C@@H]3CC[C@H]4C[C@@H](C)CC[C@]4(C)[C@H]3CC[C@]12C.CC(CCCCNC(=O)OC(C)(C)C)[C@H]1CC[C@H]2[C@@H]3CC[C@H]4C[C@@H](O)CC[C@]4(C)[C@H]3CC[C@]12C.[Na+].[OH-]. The molecule has 4 N–H and O–H groups in total. The molecule has 0 radical (unpaired) electrons. The van der Waals surface area contributed by atoms with E-state index in [1.54, 1.807) is 0 Å². The first-order valence-electron chi connectivity index (χ1n) is 29.5. The molecular formula is C61H109N2NaO6. The van der Waals surface area contributed by atoms with Gasteiger partial charge < -0.3 is 30.7 Å². The van der Waals surface area contributed by atoms with Gasteiger partial charge in [0.15, 0.2) is 0 Å². The summed E-state index contributed by atoms with van der Waals surface area (Å²) in [5.74, 6) is 11.8. The van der Waals surface area contributed by atoms with Crippen molar-refractivity contribution in [3.63, 3.8) is 0 Å². The Morgan fingerprint density at radius 1 is 0.543 bits per heavy atom. The average Bonchev–Trinajstić information content (AvgIpc) is 3.80. The molecule has 0 aromatic rings. The summed E-state index contributed by atoms with van der Waals surface area (Å²) in [5.41, 5.74) is 1.36. The van der Waals surface area contributed by atoms with E-state index in [9.17, 15) is 14.7 Å². The van der Waals surface area contributed by atoms with Crippen LogP contribution in [0.2, 0.25) is 0 Å². The molecule has 0 aliphatic heterocycles. The molecule has 8 fully saturated rings. The number of carbonyl (C=O) groups is 2. The minimum atomic E-state index is -0.430. The van der Waals surface area contributed by atoms with Crippen molar-refractivity contribution in [1.82, 2.24) is 10.6 Å². The van der Waals surface area contributed by atoms with E-state index in [-0.39, 0.29) is 53.3 Å². The quantitative estimate of drug-likeness (QED) is 0.132. The van der Waals surface area contributed by atoms with Crippen LogP contribution >= 0.6 is 0 Å². The Bertz CT molecular complexity index is 1560. The van der Waals surface area contributed by atoms with E-state index in [0.717, 1.165) is 109 Å². The predicted molar refractivity (Wildman–Crippen MR) is 282 cm³/mol. The molecule has 0 saturated heterocycles. The van der Waals surface area contributed by atoms with Crippen LogP contribution in [0.3, 0.4) is 0 Å². The van der Waals surface area contributed by atoms with E-state index >= 15 is 0 Å². The molecule has 0 aromatic heterocycles. The molecule has 0 bridgehead atoms. The fourth-order valence-corrected chi connectivity index (χ4v) is 19.3. The summed E-state index contributed by atoms with van der Waals surface area (Å²) < 4.78 is 10.7. The molecule has 8 aliphatic carbocycles. The molecule has 2 unspecified atom stereocenters. The van der Waals surface area contributed by atoms with Gasteiger partial charge >= 0.3 is 41.7 Å². The number of aliphatic hydroxyl groups excluding tert-OH is 1. The Morgan fingerprint density at radius 2 is 0.929 bits per heavy atom. The van der Waals surface area contributed by atoms with Gasteiger partial charge in [-0.2, -0.15) is 0 Å². The van der Waals surface area contributed by atoms with Gasteiger partial charge in [-0.1, -0.05) is 80.6 Å².